The van der Waals surface area contributed by atoms with E-state index in [0.717, 1.165) is 5.69 Å². The van der Waals surface area contributed by atoms with Gasteiger partial charge in [-0.15, -0.1) is 0 Å². The van der Waals surface area contributed by atoms with Crippen molar-refractivity contribution in [2.24, 2.45) is 0 Å². The summed E-state index contributed by atoms with van der Waals surface area (Å²) in [6.45, 7) is 10.7. The average Bonchev–Trinajstić information content (AvgIpc) is 3.36. The molecule has 0 amide bonds. The van der Waals surface area contributed by atoms with Crippen molar-refractivity contribution < 1.29 is 42.9 Å². The number of ether oxygens (including phenoxy) is 4. The lowest BCUT2D eigenvalue weighted by atomic mass is 10.1. The second-order valence-electron chi connectivity index (χ2n) is 7.71. The van der Waals surface area contributed by atoms with Crippen LogP contribution in [0.25, 0.3) is 0 Å². The number of Topliss-reactive ketones (excluding diaryl/α,β-unsaturated/α-hetero) is 1. The van der Waals surface area contributed by atoms with Gasteiger partial charge in [-0.1, -0.05) is 6.92 Å². The summed E-state index contributed by atoms with van der Waals surface area (Å²) in [5, 5.41) is 0. The van der Waals surface area contributed by atoms with Gasteiger partial charge in [-0.25, -0.2) is 9.59 Å². The number of pyridine rings is 1. The molecule has 1 aromatic heterocycles. The molecule has 2 heterocycles. The van der Waals surface area contributed by atoms with Crippen LogP contribution in [0.15, 0.2) is 22.8 Å². The van der Waals surface area contributed by atoms with Gasteiger partial charge in [0.25, 0.3) is 0 Å². The number of ketones is 1. The largest absolute Gasteiger partial charge is 0.462 e. The van der Waals surface area contributed by atoms with Gasteiger partial charge in [0.05, 0.1) is 33.0 Å². The Labute approximate surface area is 216 Å². The zero-order chi connectivity index (χ0) is 28.5. The number of rotatable bonds is 9. The third-order valence-electron chi connectivity index (χ3n) is 4.88. The van der Waals surface area contributed by atoms with Gasteiger partial charge in [0, 0.05) is 44.2 Å². The van der Waals surface area contributed by atoms with Gasteiger partial charge in [-0.3, -0.25) is 9.59 Å². The number of hydrogen-bond donors (Lipinski definition) is 0. The quantitative estimate of drug-likeness (QED) is 0.200. The Hall–Kier alpha value is -3.60. The lowest BCUT2D eigenvalue weighted by molar-refractivity contribution is -0.191. The highest BCUT2D eigenvalue weighted by molar-refractivity contribution is 6.17. The van der Waals surface area contributed by atoms with Gasteiger partial charge >= 0.3 is 18.1 Å². The summed E-state index contributed by atoms with van der Waals surface area (Å²) in [5.41, 5.74) is 1.20. The van der Waals surface area contributed by atoms with Crippen LogP contribution in [0.3, 0.4) is 0 Å². The first-order chi connectivity index (χ1) is 17.5. The van der Waals surface area contributed by atoms with Gasteiger partial charge in [-0.2, -0.15) is 9.59 Å². The van der Waals surface area contributed by atoms with Crippen LogP contribution in [0.2, 0.25) is 0 Å². The van der Waals surface area contributed by atoms with Gasteiger partial charge in [0.2, 0.25) is 0 Å². The van der Waals surface area contributed by atoms with Crippen molar-refractivity contribution in [1.29, 1.82) is 0 Å². The van der Waals surface area contributed by atoms with Crippen LogP contribution in [-0.2, 0) is 44.7 Å². The smallest absolute Gasteiger partial charge is 0.373 e. The predicted molar refractivity (Wildman–Crippen MR) is 131 cm³/mol. The van der Waals surface area contributed by atoms with E-state index in [1.165, 1.54) is 12.4 Å². The summed E-state index contributed by atoms with van der Waals surface area (Å²) in [7, 11) is 3.50. The zero-order valence-corrected chi connectivity index (χ0v) is 22.5. The fraction of sp³-hybridized carbons (Fsp3) is 0.560. The van der Waals surface area contributed by atoms with Gasteiger partial charge in [0.1, 0.15) is 11.1 Å². The maximum absolute atomic E-state index is 12.1. The first-order valence-electron chi connectivity index (χ1n) is 11.7. The molecule has 37 heavy (non-hydrogen) atoms. The Morgan fingerprint density at radius 1 is 1.08 bits per heavy atom. The highest BCUT2D eigenvalue weighted by Gasteiger charge is 2.21. The number of carbonyl (C=O) groups is 3. The van der Waals surface area contributed by atoms with Crippen molar-refractivity contribution in [3.05, 3.63) is 45.0 Å². The van der Waals surface area contributed by atoms with Crippen molar-refractivity contribution in [2.75, 3.05) is 40.5 Å². The van der Waals surface area contributed by atoms with Crippen molar-refractivity contribution >= 4 is 23.9 Å². The summed E-state index contributed by atoms with van der Waals surface area (Å²) in [6, 6.07) is 0. The van der Waals surface area contributed by atoms with Crippen LogP contribution in [0.1, 0.15) is 48.8 Å². The van der Waals surface area contributed by atoms with E-state index in [4.69, 9.17) is 28.5 Å². The van der Waals surface area contributed by atoms with Crippen LogP contribution >= 0.6 is 0 Å². The summed E-state index contributed by atoms with van der Waals surface area (Å²) in [5.74, 6) is -1.34. The summed E-state index contributed by atoms with van der Waals surface area (Å²) in [6.07, 6.45) is 3.22. The molecule has 0 bridgehead atoms. The molecule has 0 saturated carbocycles. The van der Waals surface area contributed by atoms with Crippen LogP contribution in [0.4, 0.5) is 0 Å². The van der Waals surface area contributed by atoms with Crippen molar-refractivity contribution in [3.63, 3.8) is 0 Å². The highest BCUT2D eigenvalue weighted by Crippen LogP contribution is 2.12. The molecule has 0 atom stereocenters. The van der Waals surface area contributed by atoms with Gasteiger partial charge < -0.3 is 28.4 Å². The van der Waals surface area contributed by atoms with E-state index in [9.17, 15) is 19.2 Å². The normalized spacial score (nSPS) is 12.8. The van der Waals surface area contributed by atoms with Crippen LogP contribution in [-0.4, -0.2) is 80.2 Å². The SMILES string of the molecule is CCOC(=O)/C(=C\N(C)C)C(=O)CC.CCOC(=O)c1cn(CC2OCCO2)c(C)c(C)c1=O.O=C=O. The molecule has 0 spiro atoms. The van der Waals surface area contributed by atoms with Crippen molar-refractivity contribution in [1.82, 2.24) is 9.47 Å². The number of carbonyl (C=O) groups excluding carboxylic acids is 5. The Kier molecular flexibility index (Phi) is 16.0. The minimum absolute atomic E-state index is 0.0490. The molecule has 0 unspecified atom stereocenters. The molecule has 12 nitrogen and oxygen atoms in total. The average molecular weight is 525 g/mol. The molecule has 0 aromatic carbocycles. The second kappa shape index (κ2) is 17.8. The predicted octanol–water partition coefficient (Wildman–Crippen LogP) is 1.41. The fourth-order valence-electron chi connectivity index (χ4n) is 3.01. The van der Waals surface area contributed by atoms with E-state index in [-0.39, 0.29) is 48.0 Å². The first-order valence-corrected chi connectivity index (χ1v) is 11.7. The molecule has 1 aromatic rings. The maximum Gasteiger partial charge on any atom is 0.373 e. The molecule has 0 N–H and O–H groups in total. The second-order valence-corrected chi connectivity index (χ2v) is 7.71. The van der Waals surface area contributed by atoms with Crippen LogP contribution in [0.5, 0.6) is 0 Å². The van der Waals surface area contributed by atoms with Gasteiger partial charge in [-0.05, 0) is 27.7 Å². The molecule has 1 saturated heterocycles. The van der Waals surface area contributed by atoms with Gasteiger partial charge in [0.15, 0.2) is 17.5 Å². The molecule has 12 heteroatoms. The zero-order valence-electron chi connectivity index (χ0n) is 22.5. The minimum Gasteiger partial charge on any atom is -0.462 e. The van der Waals surface area contributed by atoms with E-state index in [1.807, 2.05) is 6.92 Å². The van der Waals surface area contributed by atoms with Crippen molar-refractivity contribution in [3.8, 4) is 0 Å². The van der Waals surface area contributed by atoms with E-state index in [1.54, 1.807) is 51.3 Å². The molecule has 1 fully saturated rings. The third-order valence-corrected chi connectivity index (χ3v) is 4.88. The van der Waals surface area contributed by atoms with E-state index in [2.05, 4.69) is 0 Å². The summed E-state index contributed by atoms with van der Waals surface area (Å²) >= 11 is 0. The topological polar surface area (TPSA) is 148 Å². The molecule has 206 valence electrons. The third kappa shape index (κ3) is 11.3. The van der Waals surface area contributed by atoms with Crippen LogP contribution < -0.4 is 5.43 Å². The number of esters is 2. The maximum atomic E-state index is 12.1. The molecule has 1 aliphatic rings. The highest BCUT2D eigenvalue weighted by atomic mass is 16.7. The standard InChI is InChI=1S/C14H19NO5.C10H17NO3.CO2/c1-4-18-14(17)11-7-15(8-12-19-5-6-20-12)10(3)9(2)13(11)16;1-5-9(12)8(7-11(3)4)10(13)14-6-2;2-1-3/h7,12H,4-6,8H2,1-3H3;7H,5-6H2,1-4H3;/b;8-7-;. The Morgan fingerprint density at radius 3 is 2.08 bits per heavy atom. The first kappa shape index (κ1) is 33.4. The van der Waals surface area contributed by atoms with E-state index in [0.29, 0.717) is 31.7 Å². The lowest BCUT2D eigenvalue weighted by Gasteiger charge is -2.17. The summed E-state index contributed by atoms with van der Waals surface area (Å²) in [4.78, 5) is 64.6. The molecule has 2 rings (SSSR count). The number of aromatic nitrogens is 1. The Balaban J connectivity index is 0.000000669. The lowest BCUT2D eigenvalue weighted by Crippen LogP contribution is -2.27. The molecular formula is C25H36N2O10. The van der Waals surface area contributed by atoms with Crippen LogP contribution in [0, 0.1) is 13.8 Å². The van der Waals surface area contributed by atoms with Crippen molar-refractivity contribution in [2.45, 2.75) is 53.9 Å². The minimum atomic E-state index is -0.595. The summed E-state index contributed by atoms with van der Waals surface area (Å²) < 4.78 is 22.3. The molecule has 0 radical (unpaired) electrons. The molecule has 1 aliphatic heterocycles. The Morgan fingerprint density at radius 2 is 1.62 bits per heavy atom. The fourth-order valence-corrected chi connectivity index (χ4v) is 3.01. The molecular weight excluding hydrogens is 488 g/mol. The Bertz CT molecular complexity index is 1030. The monoisotopic (exact) mass is 524 g/mol. The molecule has 0 aliphatic carbocycles. The van der Waals surface area contributed by atoms with E-state index < -0.39 is 11.9 Å². The van der Waals surface area contributed by atoms with E-state index >= 15 is 0 Å². The number of nitrogens with zero attached hydrogens (tertiary/aromatic N) is 2. The number of hydrogen-bond acceptors (Lipinski definition) is 11.